The van der Waals surface area contributed by atoms with Gasteiger partial charge in [0.25, 0.3) is 0 Å². The smallest absolute Gasteiger partial charge is 0.322 e. The van der Waals surface area contributed by atoms with Crippen molar-refractivity contribution >= 4 is 45.1 Å². The zero-order chi connectivity index (χ0) is 22.4. The van der Waals surface area contributed by atoms with Gasteiger partial charge in [-0.1, -0.05) is 28.8 Å². The molecule has 0 saturated carbocycles. The van der Waals surface area contributed by atoms with Crippen LogP contribution in [0.25, 0.3) is 0 Å². The van der Waals surface area contributed by atoms with Crippen molar-refractivity contribution in [3.05, 3.63) is 65.0 Å². The van der Waals surface area contributed by atoms with Gasteiger partial charge in [0, 0.05) is 22.1 Å². The molecule has 0 fully saturated rings. The van der Waals surface area contributed by atoms with Crippen LogP contribution in [0.1, 0.15) is 31.7 Å². The van der Waals surface area contributed by atoms with E-state index in [0.29, 0.717) is 23.1 Å². The maximum atomic E-state index is 12.2. The van der Waals surface area contributed by atoms with Crippen LogP contribution in [0.3, 0.4) is 0 Å². The fourth-order valence-electron chi connectivity index (χ4n) is 2.59. The van der Waals surface area contributed by atoms with Gasteiger partial charge in [0.15, 0.2) is 9.84 Å². The van der Waals surface area contributed by atoms with Gasteiger partial charge in [-0.25, -0.2) is 8.42 Å². The van der Waals surface area contributed by atoms with Crippen molar-refractivity contribution in [2.24, 2.45) is 0 Å². The summed E-state index contributed by atoms with van der Waals surface area (Å²) in [5, 5.41) is 10.6. The van der Waals surface area contributed by atoms with Gasteiger partial charge >= 0.3 is 6.01 Å². The van der Waals surface area contributed by atoms with Gasteiger partial charge in [-0.15, -0.1) is 16.9 Å². The number of nitrogens with one attached hydrogen (secondary N) is 1. The molecule has 1 amide bonds. The van der Waals surface area contributed by atoms with E-state index in [2.05, 4.69) is 15.5 Å². The summed E-state index contributed by atoms with van der Waals surface area (Å²) in [6, 6.07) is 14.0. The van der Waals surface area contributed by atoms with Gasteiger partial charge in [0.2, 0.25) is 11.8 Å². The lowest BCUT2D eigenvalue weighted by Crippen LogP contribution is -2.13. The van der Waals surface area contributed by atoms with Crippen LogP contribution in [-0.4, -0.2) is 35.5 Å². The highest BCUT2D eigenvalue weighted by Crippen LogP contribution is 2.21. The average molecular weight is 480 g/mol. The van der Waals surface area contributed by atoms with Gasteiger partial charge in [0.1, 0.15) is 0 Å². The number of carbonyl (C=O) groups excluding carboxylic acids is 1. The number of amides is 1. The lowest BCUT2D eigenvalue weighted by molar-refractivity contribution is -0.115. The highest BCUT2D eigenvalue weighted by molar-refractivity contribution is 7.99. The summed E-state index contributed by atoms with van der Waals surface area (Å²) in [5.41, 5.74) is 0.823. The lowest BCUT2D eigenvalue weighted by Gasteiger charge is -2.08. The number of nitrogens with zero attached hydrogens (tertiary/aromatic N) is 2. The summed E-state index contributed by atoms with van der Waals surface area (Å²) in [6.45, 7) is 3.29. The first-order chi connectivity index (χ1) is 14.7. The number of anilines is 1. The summed E-state index contributed by atoms with van der Waals surface area (Å²) in [6.07, 6.45) is 0.619. The third-order valence-electron chi connectivity index (χ3n) is 4.35. The van der Waals surface area contributed by atoms with Crippen molar-refractivity contribution in [1.82, 2.24) is 10.2 Å². The molecule has 7 nitrogen and oxygen atoms in total. The van der Waals surface area contributed by atoms with Gasteiger partial charge < -0.3 is 4.42 Å². The number of thioether (sulfide) groups is 1. The van der Waals surface area contributed by atoms with Gasteiger partial charge in [-0.3, -0.25) is 10.1 Å². The Morgan fingerprint density at radius 1 is 1.10 bits per heavy atom. The molecule has 10 heteroatoms. The molecule has 0 radical (unpaired) electrons. The Morgan fingerprint density at radius 2 is 1.77 bits per heavy atom. The first kappa shape index (κ1) is 23.3. The highest BCUT2D eigenvalue weighted by Gasteiger charge is 2.19. The summed E-state index contributed by atoms with van der Waals surface area (Å²) >= 11 is 7.41. The van der Waals surface area contributed by atoms with E-state index in [0.717, 1.165) is 10.5 Å². The van der Waals surface area contributed by atoms with E-state index in [-0.39, 0.29) is 23.2 Å². The summed E-state index contributed by atoms with van der Waals surface area (Å²) in [4.78, 5) is 13.4. The Hall–Kier alpha value is -2.36. The fourth-order valence-corrected chi connectivity index (χ4v) is 4.63. The van der Waals surface area contributed by atoms with E-state index >= 15 is 0 Å². The number of rotatable bonds is 9. The predicted molar refractivity (Wildman–Crippen MR) is 121 cm³/mol. The van der Waals surface area contributed by atoms with Crippen LogP contribution in [0.2, 0.25) is 5.02 Å². The van der Waals surface area contributed by atoms with Crippen LogP contribution in [0.4, 0.5) is 6.01 Å². The van der Waals surface area contributed by atoms with Crippen LogP contribution in [0, 0.1) is 0 Å². The number of sulfone groups is 1. The SMILES string of the molecule is CC(C)S(=O)(=O)c1ccc(Cc2nnc(NC(=O)CCSc3ccc(Cl)cc3)o2)cc1. The molecule has 0 saturated heterocycles. The van der Waals surface area contributed by atoms with Crippen molar-refractivity contribution in [3.63, 3.8) is 0 Å². The van der Waals surface area contributed by atoms with E-state index < -0.39 is 15.1 Å². The number of hydrogen-bond donors (Lipinski definition) is 1. The van der Waals surface area contributed by atoms with E-state index in [4.69, 9.17) is 16.0 Å². The van der Waals surface area contributed by atoms with Crippen LogP contribution in [0.5, 0.6) is 0 Å². The van der Waals surface area contributed by atoms with Gasteiger partial charge in [-0.05, 0) is 55.8 Å². The molecule has 1 N–H and O–H groups in total. The first-order valence-electron chi connectivity index (χ1n) is 9.57. The molecule has 2 aromatic carbocycles. The number of carbonyl (C=O) groups is 1. The Balaban J connectivity index is 1.49. The largest absolute Gasteiger partial charge is 0.407 e. The highest BCUT2D eigenvalue weighted by atomic mass is 35.5. The molecule has 1 aromatic heterocycles. The molecule has 3 aromatic rings. The maximum Gasteiger partial charge on any atom is 0.322 e. The Kier molecular flexibility index (Phi) is 7.74. The third-order valence-corrected chi connectivity index (χ3v) is 7.79. The minimum Gasteiger partial charge on any atom is -0.407 e. The molecule has 0 bridgehead atoms. The molecule has 0 aliphatic heterocycles. The number of benzene rings is 2. The molecular weight excluding hydrogens is 458 g/mol. The van der Waals surface area contributed by atoms with Gasteiger partial charge in [-0.2, -0.15) is 0 Å². The fraction of sp³-hybridized carbons (Fsp3) is 0.286. The predicted octanol–water partition coefficient (Wildman–Crippen LogP) is 4.62. The topological polar surface area (TPSA) is 102 Å². The van der Waals surface area contributed by atoms with Crippen molar-refractivity contribution in [3.8, 4) is 0 Å². The molecule has 0 unspecified atom stereocenters. The number of aromatic nitrogens is 2. The Labute approximate surface area is 190 Å². The zero-order valence-electron chi connectivity index (χ0n) is 17.0. The average Bonchev–Trinajstić information content (AvgIpc) is 3.16. The van der Waals surface area contributed by atoms with Crippen LogP contribution < -0.4 is 5.32 Å². The second-order valence-electron chi connectivity index (χ2n) is 7.02. The Morgan fingerprint density at radius 3 is 2.42 bits per heavy atom. The monoisotopic (exact) mass is 479 g/mol. The van der Waals surface area contributed by atoms with Crippen LogP contribution >= 0.6 is 23.4 Å². The third kappa shape index (κ3) is 6.56. The molecule has 0 aliphatic carbocycles. The van der Waals surface area contributed by atoms with Gasteiger partial charge in [0.05, 0.1) is 16.6 Å². The minimum atomic E-state index is -3.31. The molecule has 3 rings (SSSR count). The maximum absolute atomic E-state index is 12.2. The van der Waals surface area contributed by atoms with Crippen LogP contribution in [0.15, 0.2) is 62.7 Å². The molecular formula is C21H22ClN3O4S2. The Bertz CT molecular complexity index is 1130. The standard InChI is InChI=1S/C21H22ClN3O4S2/c1-14(2)31(27,28)18-9-3-15(4-10-18)13-20-24-25-21(29-20)23-19(26)11-12-30-17-7-5-16(22)6-8-17/h3-10,14H,11-13H2,1-2H3,(H,23,25,26). The van der Waals surface area contributed by atoms with Crippen LogP contribution in [-0.2, 0) is 21.1 Å². The van der Waals surface area contributed by atoms with E-state index in [1.165, 1.54) is 0 Å². The molecule has 0 atom stereocenters. The molecule has 31 heavy (non-hydrogen) atoms. The molecule has 164 valence electrons. The van der Waals surface area contributed by atoms with Crippen molar-refractivity contribution in [1.29, 1.82) is 0 Å². The first-order valence-corrected chi connectivity index (χ1v) is 12.5. The van der Waals surface area contributed by atoms with Crippen molar-refractivity contribution in [2.45, 2.75) is 41.7 Å². The molecule has 0 aliphatic rings. The molecule has 0 spiro atoms. The molecule has 1 heterocycles. The van der Waals surface area contributed by atoms with E-state index in [1.807, 2.05) is 12.1 Å². The van der Waals surface area contributed by atoms with E-state index in [9.17, 15) is 13.2 Å². The number of halogens is 1. The normalized spacial score (nSPS) is 11.6. The van der Waals surface area contributed by atoms with Crippen molar-refractivity contribution < 1.29 is 17.6 Å². The quantitative estimate of drug-likeness (QED) is 0.447. The summed E-state index contributed by atoms with van der Waals surface area (Å²) in [5.74, 6) is 0.699. The summed E-state index contributed by atoms with van der Waals surface area (Å²) < 4.78 is 29.9. The lowest BCUT2D eigenvalue weighted by atomic mass is 10.1. The minimum absolute atomic E-state index is 0.0375. The van der Waals surface area contributed by atoms with E-state index in [1.54, 1.807) is 62.0 Å². The number of hydrogen-bond acceptors (Lipinski definition) is 7. The van der Waals surface area contributed by atoms with Crippen molar-refractivity contribution in [2.75, 3.05) is 11.1 Å². The second-order valence-corrected chi connectivity index (χ2v) is 11.1. The summed E-state index contributed by atoms with van der Waals surface area (Å²) in [7, 11) is -3.31. The second kappa shape index (κ2) is 10.3. The zero-order valence-corrected chi connectivity index (χ0v) is 19.4.